The minimum Gasteiger partial charge on any atom is -0.455 e. The van der Waals surface area contributed by atoms with Crippen LogP contribution in [0.15, 0.2) is 53.3 Å². The fourth-order valence-electron chi connectivity index (χ4n) is 2.77. The zero-order chi connectivity index (χ0) is 17.4. The van der Waals surface area contributed by atoms with Crippen molar-refractivity contribution in [2.75, 3.05) is 0 Å². The summed E-state index contributed by atoms with van der Waals surface area (Å²) < 4.78 is 6.23. The van der Waals surface area contributed by atoms with Crippen LogP contribution in [0.5, 0.6) is 0 Å². The van der Waals surface area contributed by atoms with E-state index < -0.39 is 0 Å². The van der Waals surface area contributed by atoms with Gasteiger partial charge in [-0.05, 0) is 43.7 Å². The van der Waals surface area contributed by atoms with Gasteiger partial charge in [0.2, 0.25) is 0 Å². The van der Waals surface area contributed by atoms with Gasteiger partial charge in [-0.3, -0.25) is 10.1 Å². The van der Waals surface area contributed by atoms with Crippen LogP contribution in [-0.2, 0) is 0 Å². The molecule has 4 aromatic rings. The van der Waals surface area contributed by atoms with Gasteiger partial charge in [0.1, 0.15) is 17.8 Å². The van der Waals surface area contributed by atoms with Crippen molar-refractivity contribution in [3.05, 3.63) is 65.2 Å². The highest BCUT2D eigenvalue weighted by molar-refractivity contribution is 6.33. The number of aryl methyl sites for hydroxylation is 2. The first-order chi connectivity index (χ1) is 12.1. The summed E-state index contributed by atoms with van der Waals surface area (Å²) in [5.41, 5.74) is 4.58. The molecule has 0 aliphatic carbocycles. The largest absolute Gasteiger partial charge is 0.455 e. The molecule has 0 saturated heterocycles. The predicted octanol–water partition coefficient (Wildman–Crippen LogP) is 5.06. The summed E-state index contributed by atoms with van der Waals surface area (Å²) in [7, 11) is 0. The number of rotatable bonds is 3. The highest BCUT2D eigenvalue weighted by atomic mass is 35.5. The van der Waals surface area contributed by atoms with E-state index in [2.05, 4.69) is 20.2 Å². The molecule has 1 N–H and O–H groups in total. The van der Waals surface area contributed by atoms with E-state index in [1.54, 1.807) is 0 Å². The number of nitrogens with one attached hydrogen (secondary N) is 1. The van der Waals surface area contributed by atoms with E-state index in [1.165, 1.54) is 6.33 Å². The molecule has 0 fully saturated rings. The van der Waals surface area contributed by atoms with Crippen LogP contribution in [0, 0.1) is 13.8 Å². The number of hydrogen-bond donors (Lipinski definition) is 1. The molecule has 0 atom stereocenters. The number of halogens is 1. The summed E-state index contributed by atoms with van der Waals surface area (Å²) in [6.45, 7) is 3.96. The summed E-state index contributed by atoms with van der Waals surface area (Å²) >= 11 is 6.39. The first-order valence-electron chi connectivity index (χ1n) is 7.81. The number of benzene rings is 1. The number of aromatic nitrogens is 4. The molecule has 0 unspecified atom stereocenters. The Kier molecular flexibility index (Phi) is 3.86. The Labute approximate surface area is 149 Å². The topological polar surface area (TPSA) is 67.6 Å². The fraction of sp³-hybridized carbons (Fsp3) is 0.105. The molecule has 0 amide bonds. The van der Waals surface area contributed by atoms with E-state index in [9.17, 15) is 0 Å². The highest BCUT2D eigenvalue weighted by Gasteiger charge is 2.20. The molecule has 124 valence electrons. The van der Waals surface area contributed by atoms with Crippen LogP contribution in [0.1, 0.15) is 11.3 Å². The van der Waals surface area contributed by atoms with Crippen LogP contribution in [0.3, 0.4) is 0 Å². The summed E-state index contributed by atoms with van der Waals surface area (Å²) in [5.74, 6) is 2.03. The van der Waals surface area contributed by atoms with Gasteiger partial charge < -0.3 is 4.42 Å². The molecule has 3 heterocycles. The Hall–Kier alpha value is -2.92. The molecule has 0 radical (unpaired) electrons. The maximum atomic E-state index is 6.39. The van der Waals surface area contributed by atoms with Crippen LogP contribution in [-0.4, -0.2) is 20.2 Å². The Morgan fingerprint density at radius 3 is 2.60 bits per heavy atom. The normalized spacial score (nSPS) is 11.0. The molecule has 0 saturated carbocycles. The van der Waals surface area contributed by atoms with E-state index >= 15 is 0 Å². The zero-order valence-electron chi connectivity index (χ0n) is 13.7. The number of hydrogen-bond acceptors (Lipinski definition) is 4. The van der Waals surface area contributed by atoms with Crippen LogP contribution >= 0.6 is 11.6 Å². The maximum Gasteiger partial charge on any atom is 0.159 e. The van der Waals surface area contributed by atoms with Gasteiger partial charge in [-0.1, -0.05) is 23.7 Å². The number of nitrogens with zero attached hydrogens (tertiary/aromatic N) is 3. The van der Waals surface area contributed by atoms with Gasteiger partial charge in [0.25, 0.3) is 0 Å². The van der Waals surface area contributed by atoms with Gasteiger partial charge in [0, 0.05) is 23.0 Å². The van der Waals surface area contributed by atoms with E-state index in [-0.39, 0.29) is 0 Å². The summed E-state index contributed by atoms with van der Waals surface area (Å²) in [6.07, 6.45) is 3.32. The molecule has 0 bridgehead atoms. The average molecular weight is 351 g/mol. The number of aromatic amines is 1. The van der Waals surface area contributed by atoms with Crippen molar-refractivity contribution in [3.63, 3.8) is 0 Å². The van der Waals surface area contributed by atoms with Gasteiger partial charge in [-0.2, -0.15) is 5.10 Å². The lowest BCUT2D eigenvalue weighted by Crippen LogP contribution is -1.86. The Morgan fingerprint density at radius 2 is 1.84 bits per heavy atom. The summed E-state index contributed by atoms with van der Waals surface area (Å²) in [5, 5.41) is 7.46. The highest BCUT2D eigenvalue weighted by Crippen LogP contribution is 2.40. The monoisotopic (exact) mass is 350 g/mol. The Bertz CT molecular complexity index is 1040. The van der Waals surface area contributed by atoms with Crippen molar-refractivity contribution in [2.24, 2.45) is 0 Å². The lowest BCUT2D eigenvalue weighted by Gasteiger charge is -2.04. The smallest absolute Gasteiger partial charge is 0.159 e. The second kappa shape index (κ2) is 6.18. The number of furan rings is 1. The number of pyridine rings is 1. The quantitative estimate of drug-likeness (QED) is 0.560. The second-order valence-electron chi connectivity index (χ2n) is 5.81. The van der Waals surface area contributed by atoms with Crippen LogP contribution in [0.4, 0.5) is 0 Å². The van der Waals surface area contributed by atoms with E-state index in [0.29, 0.717) is 16.6 Å². The lowest BCUT2D eigenvalue weighted by atomic mass is 10.1. The minimum absolute atomic E-state index is 0.617. The molecule has 0 spiro atoms. The molecule has 1 aromatic carbocycles. The Balaban J connectivity index is 1.96. The lowest BCUT2D eigenvalue weighted by molar-refractivity contribution is 0.597. The van der Waals surface area contributed by atoms with E-state index in [0.717, 1.165) is 33.7 Å². The molecule has 3 aromatic heterocycles. The van der Waals surface area contributed by atoms with Crippen molar-refractivity contribution in [1.82, 2.24) is 20.2 Å². The van der Waals surface area contributed by atoms with E-state index in [1.807, 2.05) is 56.4 Å². The SMILES string of the molecule is Cc1cc(-c2cc(-c3ncn[nH]3)c(-c3ccccc3Cl)o2)c(C)cn1. The molecule has 5 nitrogen and oxygen atoms in total. The van der Waals surface area contributed by atoms with Gasteiger partial charge >= 0.3 is 0 Å². The number of H-pyrrole nitrogens is 1. The fourth-order valence-corrected chi connectivity index (χ4v) is 3.00. The third-order valence-corrected chi connectivity index (χ3v) is 4.36. The molecule has 25 heavy (non-hydrogen) atoms. The first-order valence-corrected chi connectivity index (χ1v) is 8.19. The molecular weight excluding hydrogens is 336 g/mol. The molecular formula is C19H15ClN4O. The average Bonchev–Trinajstić information content (AvgIpc) is 3.26. The van der Waals surface area contributed by atoms with Crippen molar-refractivity contribution in [2.45, 2.75) is 13.8 Å². The van der Waals surface area contributed by atoms with Gasteiger partial charge in [-0.25, -0.2) is 4.98 Å². The first kappa shape index (κ1) is 15.6. The second-order valence-corrected chi connectivity index (χ2v) is 6.22. The molecule has 4 rings (SSSR count). The van der Waals surface area contributed by atoms with Crippen molar-refractivity contribution in [1.29, 1.82) is 0 Å². The summed E-state index contributed by atoms with van der Waals surface area (Å²) in [6, 6.07) is 11.5. The van der Waals surface area contributed by atoms with Gasteiger partial charge in [-0.15, -0.1) is 0 Å². The zero-order valence-corrected chi connectivity index (χ0v) is 14.5. The van der Waals surface area contributed by atoms with Crippen LogP contribution < -0.4 is 0 Å². The minimum atomic E-state index is 0.617. The van der Waals surface area contributed by atoms with Crippen molar-refractivity contribution < 1.29 is 4.42 Å². The predicted molar refractivity (Wildman–Crippen MR) is 97.2 cm³/mol. The molecule has 6 heteroatoms. The summed E-state index contributed by atoms with van der Waals surface area (Å²) in [4.78, 5) is 8.59. The Morgan fingerprint density at radius 1 is 1.00 bits per heavy atom. The van der Waals surface area contributed by atoms with Crippen molar-refractivity contribution >= 4 is 11.6 Å². The standard InChI is InChI=1S/C19H15ClN4O/c1-11-9-21-12(2)7-14(11)17-8-15(19-22-10-23-24-19)18(25-17)13-5-3-4-6-16(13)20/h3-10H,1-2H3,(H,22,23,24). The van der Waals surface area contributed by atoms with Crippen molar-refractivity contribution in [3.8, 4) is 34.0 Å². The molecule has 0 aliphatic rings. The molecule has 0 aliphatic heterocycles. The van der Waals surface area contributed by atoms with Gasteiger partial charge in [0.15, 0.2) is 5.82 Å². The van der Waals surface area contributed by atoms with Gasteiger partial charge in [0.05, 0.1) is 10.6 Å². The van der Waals surface area contributed by atoms with E-state index in [4.69, 9.17) is 16.0 Å². The van der Waals surface area contributed by atoms with Crippen LogP contribution in [0.2, 0.25) is 5.02 Å². The third kappa shape index (κ3) is 2.83. The van der Waals surface area contributed by atoms with Crippen LogP contribution in [0.25, 0.3) is 34.0 Å². The maximum absolute atomic E-state index is 6.39. The third-order valence-electron chi connectivity index (χ3n) is 4.03.